The minimum absolute atomic E-state index is 0.142. The van der Waals surface area contributed by atoms with Crippen molar-refractivity contribution in [2.45, 2.75) is 26.5 Å². The summed E-state index contributed by atoms with van der Waals surface area (Å²) in [5.74, 6) is 0. The van der Waals surface area contributed by atoms with Gasteiger partial charge in [0.1, 0.15) is 6.61 Å². The SMILES string of the molecule is CC[N+](C)(CC)C1(C)CO1. The van der Waals surface area contributed by atoms with Gasteiger partial charge in [-0.25, -0.2) is 0 Å². The Hall–Kier alpha value is -0.0800. The lowest BCUT2D eigenvalue weighted by atomic mass is 10.2. The second kappa shape index (κ2) is 2.21. The van der Waals surface area contributed by atoms with Crippen LogP contribution in [0.3, 0.4) is 0 Å². The van der Waals surface area contributed by atoms with Crippen LogP contribution in [0, 0.1) is 0 Å². The van der Waals surface area contributed by atoms with Gasteiger partial charge in [0.05, 0.1) is 20.1 Å². The molecular formula is C8H18NO+. The third kappa shape index (κ3) is 0.956. The minimum Gasteiger partial charge on any atom is -0.316 e. The molecule has 0 bridgehead atoms. The van der Waals surface area contributed by atoms with Gasteiger partial charge in [0.25, 0.3) is 0 Å². The Bertz CT molecular complexity index is 125. The first-order chi connectivity index (χ1) is 4.58. The molecule has 0 amide bonds. The van der Waals surface area contributed by atoms with Crippen LogP contribution >= 0.6 is 0 Å². The highest BCUT2D eigenvalue weighted by Gasteiger charge is 2.54. The van der Waals surface area contributed by atoms with E-state index in [-0.39, 0.29) is 5.72 Å². The van der Waals surface area contributed by atoms with Gasteiger partial charge in [-0.05, 0) is 13.8 Å². The van der Waals surface area contributed by atoms with E-state index in [2.05, 4.69) is 27.8 Å². The van der Waals surface area contributed by atoms with Crippen molar-refractivity contribution in [3.05, 3.63) is 0 Å². The van der Waals surface area contributed by atoms with Crippen molar-refractivity contribution in [2.75, 3.05) is 26.7 Å². The van der Waals surface area contributed by atoms with E-state index in [0.717, 1.165) is 24.2 Å². The summed E-state index contributed by atoms with van der Waals surface area (Å²) in [5.41, 5.74) is 0.142. The minimum atomic E-state index is 0.142. The first-order valence-corrected chi connectivity index (χ1v) is 4.06. The van der Waals surface area contributed by atoms with E-state index in [4.69, 9.17) is 4.74 Å². The van der Waals surface area contributed by atoms with Gasteiger partial charge in [-0.2, -0.15) is 0 Å². The summed E-state index contributed by atoms with van der Waals surface area (Å²) in [6.07, 6.45) is 0. The van der Waals surface area contributed by atoms with E-state index in [0.29, 0.717) is 0 Å². The van der Waals surface area contributed by atoms with Crippen LogP contribution < -0.4 is 0 Å². The predicted octanol–water partition coefficient (Wildman–Crippen LogP) is 1.22. The van der Waals surface area contributed by atoms with E-state index in [9.17, 15) is 0 Å². The van der Waals surface area contributed by atoms with Crippen molar-refractivity contribution in [1.29, 1.82) is 0 Å². The number of hydrogen-bond acceptors (Lipinski definition) is 1. The lowest BCUT2D eigenvalue weighted by Crippen LogP contribution is -2.53. The van der Waals surface area contributed by atoms with Crippen molar-refractivity contribution in [3.8, 4) is 0 Å². The maximum Gasteiger partial charge on any atom is 0.224 e. The summed E-state index contributed by atoms with van der Waals surface area (Å²) in [6.45, 7) is 9.89. The maximum atomic E-state index is 5.42. The molecule has 2 heteroatoms. The van der Waals surface area contributed by atoms with Gasteiger partial charge < -0.3 is 4.74 Å². The maximum absolute atomic E-state index is 5.42. The number of hydrogen-bond donors (Lipinski definition) is 0. The summed E-state index contributed by atoms with van der Waals surface area (Å²) >= 11 is 0. The first kappa shape index (κ1) is 8.02. The highest BCUT2D eigenvalue weighted by Crippen LogP contribution is 2.35. The molecule has 1 saturated heterocycles. The molecule has 10 heavy (non-hydrogen) atoms. The Labute approximate surface area is 63.4 Å². The van der Waals surface area contributed by atoms with Gasteiger partial charge in [0.15, 0.2) is 0 Å². The third-order valence-electron chi connectivity index (χ3n) is 3.10. The summed E-state index contributed by atoms with van der Waals surface area (Å²) in [4.78, 5) is 0. The van der Waals surface area contributed by atoms with E-state index in [1.807, 2.05) is 0 Å². The predicted molar refractivity (Wildman–Crippen MR) is 41.6 cm³/mol. The average molecular weight is 144 g/mol. The number of nitrogens with zero attached hydrogens (tertiary/aromatic N) is 1. The second-order valence-corrected chi connectivity index (χ2v) is 3.49. The number of epoxide rings is 1. The Balaban J connectivity index is 2.63. The van der Waals surface area contributed by atoms with Gasteiger partial charge in [0, 0.05) is 6.92 Å². The van der Waals surface area contributed by atoms with Crippen LogP contribution in [0.15, 0.2) is 0 Å². The quantitative estimate of drug-likeness (QED) is 0.428. The summed E-state index contributed by atoms with van der Waals surface area (Å²) in [7, 11) is 2.26. The van der Waals surface area contributed by atoms with Gasteiger partial charge in [-0.3, -0.25) is 4.48 Å². The molecule has 0 aliphatic carbocycles. The lowest BCUT2D eigenvalue weighted by Gasteiger charge is -2.35. The molecule has 0 aromatic heterocycles. The van der Waals surface area contributed by atoms with E-state index >= 15 is 0 Å². The van der Waals surface area contributed by atoms with Crippen LogP contribution in [0.1, 0.15) is 20.8 Å². The molecule has 1 aliphatic rings. The molecule has 0 N–H and O–H groups in total. The Kier molecular flexibility index (Phi) is 1.77. The van der Waals surface area contributed by atoms with Crippen LogP contribution in [-0.2, 0) is 4.74 Å². The molecule has 60 valence electrons. The highest BCUT2D eigenvalue weighted by molar-refractivity contribution is 4.76. The Morgan fingerprint density at radius 3 is 1.90 bits per heavy atom. The average Bonchev–Trinajstić information content (AvgIpc) is 2.68. The Morgan fingerprint density at radius 2 is 1.80 bits per heavy atom. The fraction of sp³-hybridized carbons (Fsp3) is 1.00. The smallest absolute Gasteiger partial charge is 0.224 e. The fourth-order valence-electron chi connectivity index (χ4n) is 1.31. The van der Waals surface area contributed by atoms with Crippen LogP contribution in [0.5, 0.6) is 0 Å². The van der Waals surface area contributed by atoms with Crippen LogP contribution in [0.25, 0.3) is 0 Å². The molecule has 1 unspecified atom stereocenters. The molecule has 0 saturated carbocycles. The van der Waals surface area contributed by atoms with Gasteiger partial charge in [0.2, 0.25) is 5.72 Å². The first-order valence-electron chi connectivity index (χ1n) is 4.06. The van der Waals surface area contributed by atoms with Crippen molar-refractivity contribution in [3.63, 3.8) is 0 Å². The zero-order chi connectivity index (χ0) is 7.83. The van der Waals surface area contributed by atoms with Crippen molar-refractivity contribution < 1.29 is 9.22 Å². The van der Waals surface area contributed by atoms with E-state index < -0.39 is 0 Å². The van der Waals surface area contributed by atoms with Crippen LogP contribution in [0.2, 0.25) is 0 Å². The third-order valence-corrected chi connectivity index (χ3v) is 3.10. The molecule has 0 aromatic rings. The summed E-state index contributed by atoms with van der Waals surface area (Å²) in [5, 5.41) is 0. The molecule has 1 atom stereocenters. The molecule has 1 fully saturated rings. The molecule has 1 heterocycles. The second-order valence-electron chi connectivity index (χ2n) is 3.49. The zero-order valence-corrected chi connectivity index (χ0v) is 7.48. The van der Waals surface area contributed by atoms with E-state index in [1.165, 1.54) is 0 Å². The van der Waals surface area contributed by atoms with Gasteiger partial charge in [-0.1, -0.05) is 0 Å². The zero-order valence-electron chi connectivity index (χ0n) is 7.48. The largest absolute Gasteiger partial charge is 0.316 e. The van der Waals surface area contributed by atoms with Gasteiger partial charge in [-0.15, -0.1) is 0 Å². The highest BCUT2D eigenvalue weighted by atomic mass is 16.6. The van der Waals surface area contributed by atoms with Gasteiger partial charge >= 0.3 is 0 Å². The Morgan fingerprint density at radius 1 is 1.40 bits per heavy atom. The standard InChI is InChI=1S/C8H18NO/c1-5-9(4,6-2)8(3)7-10-8/h5-7H2,1-4H3/q+1. The van der Waals surface area contributed by atoms with Crippen molar-refractivity contribution in [2.24, 2.45) is 0 Å². The van der Waals surface area contributed by atoms with Crippen LogP contribution in [-0.4, -0.2) is 37.0 Å². The topological polar surface area (TPSA) is 12.5 Å². The monoisotopic (exact) mass is 144 g/mol. The normalized spacial score (nSPS) is 32.4. The molecule has 0 radical (unpaired) electrons. The molecule has 2 nitrogen and oxygen atoms in total. The number of quaternary nitrogens is 1. The molecule has 1 rings (SSSR count). The fourth-order valence-corrected chi connectivity index (χ4v) is 1.31. The number of ether oxygens (including phenoxy) is 1. The van der Waals surface area contributed by atoms with E-state index in [1.54, 1.807) is 0 Å². The summed E-state index contributed by atoms with van der Waals surface area (Å²) < 4.78 is 6.46. The molecule has 1 aliphatic heterocycles. The molecular weight excluding hydrogens is 126 g/mol. The molecule has 0 spiro atoms. The van der Waals surface area contributed by atoms with Crippen molar-refractivity contribution >= 4 is 0 Å². The van der Waals surface area contributed by atoms with Crippen molar-refractivity contribution in [1.82, 2.24) is 0 Å². The lowest BCUT2D eigenvalue weighted by molar-refractivity contribution is -0.949. The molecule has 0 aromatic carbocycles. The summed E-state index contributed by atoms with van der Waals surface area (Å²) in [6, 6.07) is 0. The number of rotatable bonds is 3. The van der Waals surface area contributed by atoms with Crippen LogP contribution in [0.4, 0.5) is 0 Å². The number of likely N-dealkylation sites (N-methyl/N-ethyl adjacent to an activating group) is 1.